The Bertz CT molecular complexity index is 3850. The van der Waals surface area contributed by atoms with Crippen LogP contribution in [0.3, 0.4) is 0 Å². The zero-order valence-corrected chi connectivity index (χ0v) is 42.4. The number of hydrogen-bond donors (Lipinski definition) is 0. The predicted molar refractivity (Wildman–Crippen MR) is 303 cm³/mol. The zero-order chi connectivity index (χ0) is 52.7. The zero-order valence-electron chi connectivity index (χ0n) is 45.4. The number of benzene rings is 8. The summed E-state index contributed by atoms with van der Waals surface area (Å²) >= 11 is 0. The van der Waals surface area contributed by atoms with E-state index >= 15 is 0 Å². The summed E-state index contributed by atoms with van der Waals surface area (Å²) in [5.74, 6) is 0. The molecule has 8 aromatic carbocycles. The molecule has 0 spiro atoms. The largest absolute Gasteiger partial charge is 0.212 e. The summed E-state index contributed by atoms with van der Waals surface area (Å²) in [6.07, 6.45) is 6.15. The van der Waals surface area contributed by atoms with E-state index in [1.54, 1.807) is 0 Å². The number of nitrogens with zero attached hydrogens (tertiary/aromatic N) is 3. The van der Waals surface area contributed by atoms with Gasteiger partial charge in [0.15, 0.2) is 18.6 Å². The van der Waals surface area contributed by atoms with E-state index in [0.29, 0.717) is 11.1 Å². The van der Waals surface area contributed by atoms with E-state index < -0.39 is 6.85 Å². The number of aromatic nitrogens is 3. The van der Waals surface area contributed by atoms with Crippen LogP contribution in [0.4, 0.5) is 0 Å². The molecule has 0 N–H and O–H groups in total. The van der Waals surface area contributed by atoms with Crippen molar-refractivity contribution in [3.63, 3.8) is 0 Å². The number of rotatable bonds is 10. The van der Waals surface area contributed by atoms with Gasteiger partial charge in [0.25, 0.3) is 0 Å². The van der Waals surface area contributed by atoms with Gasteiger partial charge in [-0.25, -0.2) is 13.7 Å². The molecule has 0 saturated heterocycles. The quantitative estimate of drug-likeness (QED) is 0.121. The molecule has 0 saturated carbocycles. The van der Waals surface area contributed by atoms with Gasteiger partial charge in [0.05, 0.1) is 0 Å². The molecule has 0 bridgehead atoms. The highest BCUT2D eigenvalue weighted by Gasteiger charge is 2.21. The van der Waals surface area contributed by atoms with Gasteiger partial charge < -0.3 is 0 Å². The third kappa shape index (κ3) is 9.11. The highest BCUT2D eigenvalue weighted by Crippen LogP contribution is 2.43. The average Bonchev–Trinajstić information content (AvgIpc) is 3.47. The lowest BCUT2D eigenvalue weighted by Gasteiger charge is -2.19. The van der Waals surface area contributed by atoms with Crippen LogP contribution in [-0.4, -0.2) is 0 Å². The van der Waals surface area contributed by atoms with Gasteiger partial charge in [-0.1, -0.05) is 140 Å². The molecule has 0 amide bonds. The Morgan fingerprint density at radius 1 is 0.260 bits per heavy atom. The van der Waals surface area contributed by atoms with Crippen molar-refractivity contribution in [2.45, 2.75) is 27.6 Å². The van der Waals surface area contributed by atoms with E-state index in [2.05, 4.69) is 238 Å². The standard InChI is InChI=1S/C70H60N3/c1-47-39-52(31-34-58(47)68-29-17-19-37-71(68)5)61-23-11-14-26-64(61)55-43-56(65-27-15-12-24-62(65)53-32-35-59(48(2)40-53)69-30-18-20-38-72(69)6)45-57(44-55)66-28-16-13-25-63(66)54-33-36-60(49(3)41-54)70-42-50(4)67(46-73(70)7)51-21-9-8-10-22-51/h8-46H,1-7H3/q+3/i4D3. The fourth-order valence-electron chi connectivity index (χ4n) is 10.8. The molecule has 3 heteroatoms. The topological polar surface area (TPSA) is 11.6 Å². The molecule has 3 nitrogen and oxygen atoms in total. The Hall–Kier alpha value is -8.79. The average molecular weight is 946 g/mol. The Labute approximate surface area is 435 Å². The second-order valence-corrected chi connectivity index (χ2v) is 19.4. The van der Waals surface area contributed by atoms with Crippen molar-refractivity contribution in [3.05, 3.63) is 259 Å². The maximum Gasteiger partial charge on any atom is 0.212 e. The molecule has 0 radical (unpaired) electrons. The lowest BCUT2D eigenvalue weighted by molar-refractivity contribution is -0.660. The second kappa shape index (κ2) is 19.8. The van der Waals surface area contributed by atoms with Crippen molar-refractivity contribution in [1.82, 2.24) is 0 Å². The summed E-state index contributed by atoms with van der Waals surface area (Å²) in [5.41, 5.74) is 25.6. The van der Waals surface area contributed by atoms with Crippen LogP contribution >= 0.6 is 0 Å². The highest BCUT2D eigenvalue weighted by atomic mass is 14.9. The molecule has 11 rings (SSSR count). The van der Waals surface area contributed by atoms with Crippen molar-refractivity contribution >= 4 is 0 Å². The third-order valence-electron chi connectivity index (χ3n) is 14.6. The maximum absolute atomic E-state index is 8.58. The van der Waals surface area contributed by atoms with Crippen LogP contribution in [0.5, 0.6) is 0 Å². The first-order chi connectivity index (χ1) is 36.8. The minimum absolute atomic E-state index is 0.335. The number of hydrogen-bond acceptors (Lipinski definition) is 0. The molecule has 0 aliphatic rings. The third-order valence-corrected chi connectivity index (χ3v) is 14.6. The van der Waals surface area contributed by atoms with E-state index in [-0.39, 0.29) is 0 Å². The van der Waals surface area contributed by atoms with Crippen LogP contribution in [0.1, 0.15) is 26.4 Å². The van der Waals surface area contributed by atoms with E-state index in [9.17, 15) is 0 Å². The van der Waals surface area contributed by atoms with Gasteiger partial charge in [-0.2, -0.15) is 0 Å². The Kier molecular flexibility index (Phi) is 11.7. The lowest BCUT2D eigenvalue weighted by Crippen LogP contribution is -2.31. The molecule has 0 atom stereocenters. The Morgan fingerprint density at radius 2 is 0.616 bits per heavy atom. The number of aryl methyl sites for hydroxylation is 7. The Morgan fingerprint density at radius 3 is 0.986 bits per heavy atom. The molecule has 0 aliphatic heterocycles. The Balaban J connectivity index is 1.06. The summed E-state index contributed by atoms with van der Waals surface area (Å²) in [5, 5.41) is 0. The van der Waals surface area contributed by atoms with Crippen LogP contribution in [0.25, 0.3) is 112 Å². The first kappa shape index (κ1) is 43.0. The van der Waals surface area contributed by atoms with Crippen molar-refractivity contribution in [3.8, 4) is 112 Å². The summed E-state index contributed by atoms with van der Waals surface area (Å²) in [4.78, 5) is 0. The van der Waals surface area contributed by atoms with Crippen molar-refractivity contribution in [2.75, 3.05) is 0 Å². The maximum atomic E-state index is 8.58. The summed E-state index contributed by atoms with van der Waals surface area (Å²) in [6.45, 7) is 4.24. The summed E-state index contributed by atoms with van der Waals surface area (Å²) in [7, 11) is 6.19. The normalized spacial score (nSPS) is 12.0. The van der Waals surface area contributed by atoms with Crippen LogP contribution in [0.2, 0.25) is 0 Å². The van der Waals surface area contributed by atoms with E-state index in [1.165, 1.54) is 33.6 Å². The van der Waals surface area contributed by atoms with Gasteiger partial charge in [-0.15, -0.1) is 0 Å². The van der Waals surface area contributed by atoms with Gasteiger partial charge in [-0.3, -0.25) is 0 Å². The van der Waals surface area contributed by atoms with Gasteiger partial charge in [0.2, 0.25) is 17.1 Å². The van der Waals surface area contributed by atoms with Crippen molar-refractivity contribution in [2.24, 2.45) is 21.1 Å². The monoisotopic (exact) mass is 945 g/mol. The number of pyridine rings is 3. The molecule has 3 heterocycles. The van der Waals surface area contributed by atoms with E-state index in [1.807, 2.05) is 54.2 Å². The van der Waals surface area contributed by atoms with Gasteiger partial charge >= 0.3 is 0 Å². The fourth-order valence-corrected chi connectivity index (χ4v) is 10.8. The molecular weight excluding hydrogens is 883 g/mol. The lowest BCUT2D eigenvalue weighted by atomic mass is 9.85. The SMILES string of the molecule is [2H]C([2H])([2H])c1cc(-c2ccc(-c3ccccc3-c3cc(-c4ccccc4-c4ccc(-c5cccc[n+]5C)c(C)c4)cc(-c4ccccc4-c4ccc(-c5cccc[n+]5C)c(C)c4)c3)cc2C)[n+](C)cc1-c1ccccc1. The molecule has 352 valence electrons. The molecule has 0 aliphatic carbocycles. The first-order valence-corrected chi connectivity index (χ1v) is 25.1. The van der Waals surface area contributed by atoms with Gasteiger partial charge in [0.1, 0.15) is 21.1 Å². The van der Waals surface area contributed by atoms with Crippen LogP contribution in [-0.2, 0) is 21.1 Å². The molecule has 0 fully saturated rings. The van der Waals surface area contributed by atoms with Gasteiger partial charge in [0, 0.05) is 56.7 Å². The minimum atomic E-state index is -2.30. The first-order valence-electron chi connectivity index (χ1n) is 26.6. The molecule has 73 heavy (non-hydrogen) atoms. The summed E-state index contributed by atoms with van der Waals surface area (Å²) < 4.78 is 32.1. The minimum Gasteiger partial charge on any atom is -0.201 e. The molecule has 3 aromatic heterocycles. The van der Waals surface area contributed by atoms with Crippen molar-refractivity contribution < 1.29 is 17.8 Å². The smallest absolute Gasteiger partial charge is 0.201 e. The van der Waals surface area contributed by atoms with Crippen LogP contribution in [0, 0.1) is 27.6 Å². The predicted octanol–water partition coefficient (Wildman–Crippen LogP) is 16.1. The van der Waals surface area contributed by atoms with Crippen LogP contribution < -0.4 is 13.7 Å². The second-order valence-electron chi connectivity index (χ2n) is 19.4. The van der Waals surface area contributed by atoms with E-state index in [0.717, 1.165) is 89.1 Å². The molecular formula is C70H60N3+3. The highest BCUT2D eigenvalue weighted by molar-refractivity contribution is 5.95. The van der Waals surface area contributed by atoms with E-state index in [4.69, 9.17) is 4.11 Å². The fraction of sp³-hybridized carbons (Fsp3) is 0.100. The van der Waals surface area contributed by atoms with Crippen molar-refractivity contribution in [1.29, 1.82) is 0 Å². The molecule has 11 aromatic rings. The summed E-state index contributed by atoms with van der Waals surface area (Å²) in [6, 6.07) is 78.0. The molecule has 0 unspecified atom stereocenters. The van der Waals surface area contributed by atoms with Gasteiger partial charge in [-0.05, 0) is 171 Å². The van der Waals surface area contributed by atoms with Crippen LogP contribution in [0.15, 0.2) is 237 Å².